The number of methoxy groups -OCH3 is 1. The average molecular weight is 205 g/mol. The first-order valence-electron chi connectivity index (χ1n) is 4.14. The summed E-state index contributed by atoms with van der Waals surface area (Å²) in [6.45, 7) is 3.95. The highest BCUT2D eigenvalue weighted by Crippen LogP contribution is 2.37. The van der Waals surface area contributed by atoms with E-state index in [0.29, 0.717) is 0 Å². The fourth-order valence-electron chi connectivity index (χ4n) is 1.41. The van der Waals surface area contributed by atoms with Crippen molar-refractivity contribution in [2.75, 3.05) is 13.7 Å². The SMILES string of the molecule is COC(=O)C1NC(CO)SC1(C)C. The molecule has 0 spiro atoms. The van der Waals surface area contributed by atoms with Crippen LogP contribution < -0.4 is 5.32 Å². The molecule has 1 fully saturated rings. The zero-order valence-corrected chi connectivity index (χ0v) is 8.85. The van der Waals surface area contributed by atoms with Crippen LogP contribution in [0.4, 0.5) is 0 Å². The molecule has 0 radical (unpaired) electrons. The molecular formula is C8H15NO3S. The van der Waals surface area contributed by atoms with Gasteiger partial charge >= 0.3 is 5.97 Å². The van der Waals surface area contributed by atoms with Crippen molar-refractivity contribution in [3.8, 4) is 0 Å². The van der Waals surface area contributed by atoms with Crippen molar-refractivity contribution in [3.05, 3.63) is 0 Å². The quantitative estimate of drug-likeness (QED) is 0.620. The Bertz CT molecular complexity index is 208. The molecule has 0 aromatic heterocycles. The molecule has 1 aliphatic rings. The van der Waals surface area contributed by atoms with E-state index in [2.05, 4.69) is 10.1 Å². The predicted molar refractivity (Wildman–Crippen MR) is 51.5 cm³/mol. The minimum atomic E-state index is -0.334. The second kappa shape index (κ2) is 3.86. The van der Waals surface area contributed by atoms with E-state index in [9.17, 15) is 4.79 Å². The number of carbonyl (C=O) groups excluding carboxylic acids is 1. The first kappa shape index (κ1) is 10.8. The van der Waals surface area contributed by atoms with Crippen molar-refractivity contribution >= 4 is 17.7 Å². The molecule has 1 aliphatic heterocycles. The summed E-state index contributed by atoms with van der Waals surface area (Å²) in [5.41, 5.74) is 0. The first-order valence-corrected chi connectivity index (χ1v) is 5.02. The Balaban J connectivity index is 2.69. The van der Waals surface area contributed by atoms with Crippen LogP contribution in [0.5, 0.6) is 0 Å². The number of carbonyl (C=O) groups is 1. The third kappa shape index (κ3) is 2.15. The van der Waals surface area contributed by atoms with Gasteiger partial charge in [0.2, 0.25) is 0 Å². The van der Waals surface area contributed by atoms with Gasteiger partial charge in [-0.3, -0.25) is 10.1 Å². The molecule has 2 unspecified atom stereocenters. The van der Waals surface area contributed by atoms with E-state index < -0.39 is 0 Å². The highest BCUT2D eigenvalue weighted by Gasteiger charge is 2.45. The maximum absolute atomic E-state index is 11.3. The highest BCUT2D eigenvalue weighted by atomic mass is 32.2. The maximum atomic E-state index is 11.3. The van der Waals surface area contributed by atoms with Crippen molar-refractivity contribution in [1.82, 2.24) is 5.32 Å². The normalized spacial score (nSPS) is 31.7. The van der Waals surface area contributed by atoms with Gasteiger partial charge in [0.1, 0.15) is 6.04 Å². The Kier molecular flexibility index (Phi) is 3.21. The molecule has 2 atom stereocenters. The Morgan fingerprint density at radius 3 is 2.69 bits per heavy atom. The van der Waals surface area contributed by atoms with Crippen molar-refractivity contribution in [2.45, 2.75) is 30.0 Å². The van der Waals surface area contributed by atoms with E-state index in [1.165, 1.54) is 7.11 Å². The van der Waals surface area contributed by atoms with Gasteiger partial charge in [-0.05, 0) is 13.8 Å². The molecule has 0 aromatic rings. The van der Waals surface area contributed by atoms with Crippen LogP contribution in [-0.2, 0) is 9.53 Å². The number of nitrogens with one attached hydrogen (secondary N) is 1. The van der Waals surface area contributed by atoms with E-state index in [-0.39, 0.29) is 28.7 Å². The number of hydrogen-bond donors (Lipinski definition) is 2. The highest BCUT2D eigenvalue weighted by molar-refractivity contribution is 8.01. The molecule has 2 N–H and O–H groups in total. The van der Waals surface area contributed by atoms with Gasteiger partial charge in [0.15, 0.2) is 0 Å². The number of aliphatic hydroxyl groups excluding tert-OH is 1. The van der Waals surface area contributed by atoms with Gasteiger partial charge in [0, 0.05) is 4.75 Å². The minimum Gasteiger partial charge on any atom is -0.468 e. The predicted octanol–water partition coefficient (Wildman–Crippen LogP) is -0.0386. The van der Waals surface area contributed by atoms with Crippen molar-refractivity contribution in [3.63, 3.8) is 0 Å². The molecule has 0 aromatic carbocycles. The van der Waals surface area contributed by atoms with Crippen LogP contribution in [0.3, 0.4) is 0 Å². The monoisotopic (exact) mass is 205 g/mol. The van der Waals surface area contributed by atoms with Gasteiger partial charge in [0.25, 0.3) is 0 Å². The molecule has 13 heavy (non-hydrogen) atoms. The number of esters is 1. The Hall–Kier alpha value is -0.260. The molecule has 5 heteroatoms. The average Bonchev–Trinajstić information content (AvgIpc) is 2.39. The van der Waals surface area contributed by atoms with Crippen molar-refractivity contribution in [1.29, 1.82) is 0 Å². The summed E-state index contributed by atoms with van der Waals surface area (Å²) >= 11 is 1.56. The maximum Gasteiger partial charge on any atom is 0.324 e. The lowest BCUT2D eigenvalue weighted by atomic mass is 10.0. The molecule has 0 aliphatic carbocycles. The molecule has 76 valence electrons. The second-order valence-electron chi connectivity index (χ2n) is 3.52. The third-order valence-corrected chi connectivity index (χ3v) is 3.51. The van der Waals surface area contributed by atoms with Crippen LogP contribution in [0.2, 0.25) is 0 Å². The molecule has 0 saturated carbocycles. The molecular weight excluding hydrogens is 190 g/mol. The van der Waals surface area contributed by atoms with Crippen LogP contribution in [-0.4, -0.2) is 41.0 Å². The number of aliphatic hydroxyl groups is 1. The summed E-state index contributed by atoms with van der Waals surface area (Å²) in [7, 11) is 1.37. The number of ether oxygens (including phenoxy) is 1. The standard InChI is InChI=1S/C8H15NO3S/c1-8(2)6(7(11)12-3)9-5(4-10)13-8/h5-6,9-10H,4H2,1-3H3. The third-order valence-electron chi connectivity index (χ3n) is 2.10. The van der Waals surface area contributed by atoms with Gasteiger partial charge in [-0.15, -0.1) is 11.8 Å². The second-order valence-corrected chi connectivity index (χ2v) is 5.37. The smallest absolute Gasteiger partial charge is 0.324 e. The molecule has 1 saturated heterocycles. The Labute approximate surface area is 82.0 Å². The molecule has 0 bridgehead atoms. The van der Waals surface area contributed by atoms with E-state index >= 15 is 0 Å². The summed E-state index contributed by atoms with van der Waals surface area (Å²) in [6, 6.07) is -0.334. The Morgan fingerprint density at radius 2 is 2.31 bits per heavy atom. The largest absolute Gasteiger partial charge is 0.468 e. The minimum absolute atomic E-state index is 0.0294. The summed E-state index contributed by atoms with van der Waals surface area (Å²) in [4.78, 5) is 11.3. The van der Waals surface area contributed by atoms with Crippen LogP contribution >= 0.6 is 11.8 Å². The molecule has 4 nitrogen and oxygen atoms in total. The van der Waals surface area contributed by atoms with E-state index in [0.717, 1.165) is 0 Å². The van der Waals surface area contributed by atoms with E-state index in [1.54, 1.807) is 11.8 Å². The Morgan fingerprint density at radius 1 is 1.69 bits per heavy atom. The lowest BCUT2D eigenvalue weighted by Gasteiger charge is -2.22. The van der Waals surface area contributed by atoms with E-state index in [1.807, 2.05) is 13.8 Å². The summed E-state index contributed by atoms with van der Waals surface area (Å²) < 4.78 is 4.44. The molecule has 1 heterocycles. The number of thioether (sulfide) groups is 1. The van der Waals surface area contributed by atoms with Gasteiger partial charge in [-0.1, -0.05) is 0 Å². The van der Waals surface area contributed by atoms with Crippen molar-refractivity contribution < 1.29 is 14.6 Å². The lowest BCUT2D eigenvalue weighted by Crippen LogP contribution is -2.45. The van der Waals surface area contributed by atoms with Gasteiger partial charge in [-0.2, -0.15) is 0 Å². The van der Waals surface area contributed by atoms with Crippen LogP contribution in [0, 0.1) is 0 Å². The fourth-order valence-corrected chi connectivity index (χ4v) is 2.73. The van der Waals surface area contributed by atoms with Gasteiger partial charge < -0.3 is 9.84 Å². The topological polar surface area (TPSA) is 58.6 Å². The van der Waals surface area contributed by atoms with Crippen LogP contribution in [0.1, 0.15) is 13.8 Å². The van der Waals surface area contributed by atoms with Crippen molar-refractivity contribution in [2.24, 2.45) is 0 Å². The van der Waals surface area contributed by atoms with Crippen LogP contribution in [0.25, 0.3) is 0 Å². The molecule has 1 rings (SSSR count). The summed E-state index contributed by atoms with van der Waals surface area (Å²) in [6.07, 6.45) is 0. The van der Waals surface area contributed by atoms with Crippen LogP contribution in [0.15, 0.2) is 0 Å². The first-order chi connectivity index (χ1) is 6.01. The molecule has 0 amide bonds. The van der Waals surface area contributed by atoms with Gasteiger partial charge in [0.05, 0.1) is 19.1 Å². The number of rotatable bonds is 2. The zero-order chi connectivity index (χ0) is 10.1. The lowest BCUT2D eigenvalue weighted by molar-refractivity contribution is -0.143. The fraction of sp³-hybridized carbons (Fsp3) is 0.875. The summed E-state index contributed by atoms with van der Waals surface area (Å²) in [5.74, 6) is -0.270. The van der Waals surface area contributed by atoms with Gasteiger partial charge in [-0.25, -0.2) is 0 Å². The summed E-state index contributed by atoms with van der Waals surface area (Å²) in [5, 5.41) is 11.9. The zero-order valence-electron chi connectivity index (χ0n) is 8.03. The van der Waals surface area contributed by atoms with E-state index in [4.69, 9.17) is 5.11 Å². The number of hydrogen-bond acceptors (Lipinski definition) is 5.